The molecule has 1 atom stereocenters. The van der Waals surface area contributed by atoms with Crippen LogP contribution in [-0.2, 0) is 16.2 Å². The molecule has 0 fully saturated rings. The van der Waals surface area contributed by atoms with Gasteiger partial charge >= 0.3 is 0 Å². The Morgan fingerprint density at radius 3 is 2.00 bits per heavy atom. The second-order valence-electron chi connectivity index (χ2n) is 19.6. The number of benzene rings is 3. The molecule has 6 rings (SSSR count). The highest BCUT2D eigenvalue weighted by Crippen LogP contribution is 2.48. The van der Waals surface area contributed by atoms with E-state index in [0.717, 1.165) is 5.69 Å². The van der Waals surface area contributed by atoms with Gasteiger partial charge in [0, 0.05) is 35.1 Å². The van der Waals surface area contributed by atoms with Crippen LogP contribution >= 0.6 is 0 Å². The third-order valence-corrected chi connectivity index (χ3v) is 10.9. The van der Waals surface area contributed by atoms with Gasteiger partial charge in [-0.15, -0.1) is 0 Å². The molecule has 3 aromatic carbocycles. The summed E-state index contributed by atoms with van der Waals surface area (Å²) in [7, 11) is 0. The maximum Gasteiger partial charge on any atom is 0.248 e. The number of hydrogen-bond donors (Lipinski definition) is 1. The molecular formula is C50H61BN2. The lowest BCUT2D eigenvalue weighted by atomic mass is 9.31. The maximum atomic E-state index is 3.81. The SMILES string of the molecule is Cc1ccc(N2C3=C/CC#CC(C)/C=C\3B3C(=C\Nc4ccc(C(C)(C)C)cc4)/C=C(C(C)(C)C)\C=C/c4c(C(C)(C)C)cc(C(C)(C)C)c2c43)cc1. The Bertz CT molecular complexity index is 2110. The van der Waals surface area contributed by atoms with Gasteiger partial charge in [0.05, 0.1) is 0 Å². The number of nitrogens with one attached hydrogen (secondary N) is 1. The van der Waals surface area contributed by atoms with Crippen molar-refractivity contribution >= 4 is 35.3 Å². The number of anilines is 3. The van der Waals surface area contributed by atoms with Crippen molar-refractivity contribution in [3.05, 3.63) is 135 Å². The summed E-state index contributed by atoms with van der Waals surface area (Å²) in [6, 6.07) is 20.6. The summed E-state index contributed by atoms with van der Waals surface area (Å²) >= 11 is 0. The fourth-order valence-electron chi connectivity index (χ4n) is 7.85. The molecule has 1 aliphatic carbocycles. The van der Waals surface area contributed by atoms with E-state index in [1.165, 1.54) is 66.9 Å². The Hall–Kier alpha value is -4.42. The van der Waals surface area contributed by atoms with Gasteiger partial charge in [0.15, 0.2) is 0 Å². The van der Waals surface area contributed by atoms with Crippen LogP contribution in [0.25, 0.3) is 6.08 Å². The first-order valence-corrected chi connectivity index (χ1v) is 19.6. The third kappa shape index (κ3) is 7.80. The Labute approximate surface area is 322 Å². The molecule has 1 N–H and O–H groups in total. The Morgan fingerprint density at radius 2 is 1.42 bits per heavy atom. The van der Waals surface area contributed by atoms with E-state index in [4.69, 9.17) is 0 Å². The van der Waals surface area contributed by atoms with Crippen molar-refractivity contribution in [1.82, 2.24) is 0 Å². The minimum Gasteiger partial charge on any atom is -0.362 e. The van der Waals surface area contributed by atoms with Crippen LogP contribution in [0.5, 0.6) is 0 Å². The highest BCUT2D eigenvalue weighted by molar-refractivity contribution is 6.89. The molecule has 0 saturated carbocycles. The predicted octanol–water partition coefficient (Wildman–Crippen LogP) is 12.7. The highest BCUT2D eigenvalue weighted by atomic mass is 15.2. The summed E-state index contributed by atoms with van der Waals surface area (Å²) in [6.07, 6.45) is 15.2. The summed E-state index contributed by atoms with van der Waals surface area (Å²) in [5.41, 5.74) is 16.6. The van der Waals surface area contributed by atoms with Crippen molar-refractivity contribution in [3.8, 4) is 11.8 Å². The molecule has 2 nitrogen and oxygen atoms in total. The summed E-state index contributed by atoms with van der Waals surface area (Å²) in [4.78, 5) is 2.58. The number of allylic oxidation sites excluding steroid dienone is 7. The zero-order valence-corrected chi connectivity index (χ0v) is 35.0. The lowest BCUT2D eigenvalue weighted by molar-refractivity contribution is 0.517. The molecule has 0 amide bonds. The van der Waals surface area contributed by atoms with Crippen LogP contribution in [0.4, 0.5) is 17.1 Å². The normalized spacial score (nSPS) is 21.9. The summed E-state index contributed by atoms with van der Waals surface area (Å²) in [5.74, 6) is 7.14. The first kappa shape index (κ1) is 38.3. The van der Waals surface area contributed by atoms with Crippen LogP contribution in [0, 0.1) is 30.1 Å². The smallest absolute Gasteiger partial charge is 0.248 e. The number of fused-ring (bicyclic) bond motifs is 2. The van der Waals surface area contributed by atoms with Crippen LogP contribution in [0.2, 0.25) is 0 Å². The van der Waals surface area contributed by atoms with Gasteiger partial charge in [0.25, 0.3) is 0 Å². The minimum atomic E-state index is -0.121. The first-order valence-electron chi connectivity index (χ1n) is 19.6. The Kier molecular flexibility index (Phi) is 9.96. The molecule has 0 aromatic heterocycles. The standard InChI is InChI=1S/C50H61BN2/c1-33-19-26-39(27-20-33)53-44-18-16-15-17-34(2)29-43(44)51-37(32-52-38-24-21-35(22-25-38)47(3,4)5)30-36(48(6,7)8)23-28-40-41(49(9,10)11)31-42(50(12,13)14)46(53)45(40)51/h18-32,34,52H,16H2,1-14H3/b28-23-,36-30+,37-32-,43-29+,44-18+. The van der Waals surface area contributed by atoms with Crippen LogP contribution in [-0.4, -0.2) is 6.71 Å². The van der Waals surface area contributed by atoms with Gasteiger partial charge in [-0.3, -0.25) is 0 Å². The van der Waals surface area contributed by atoms with Gasteiger partial charge < -0.3 is 10.2 Å². The van der Waals surface area contributed by atoms with E-state index in [9.17, 15) is 0 Å². The van der Waals surface area contributed by atoms with Crippen molar-refractivity contribution in [2.24, 2.45) is 11.3 Å². The van der Waals surface area contributed by atoms with Gasteiger partial charge in [-0.25, -0.2) is 0 Å². The molecule has 0 bridgehead atoms. The minimum absolute atomic E-state index is 0.0256. The Balaban J connectivity index is 1.78. The largest absolute Gasteiger partial charge is 0.362 e. The van der Waals surface area contributed by atoms with E-state index in [1.807, 2.05) is 0 Å². The van der Waals surface area contributed by atoms with Crippen LogP contribution in [0.1, 0.15) is 124 Å². The summed E-state index contributed by atoms with van der Waals surface area (Å²) in [5, 5.41) is 3.81. The first-order chi connectivity index (χ1) is 24.6. The van der Waals surface area contributed by atoms with Gasteiger partial charge in [0.2, 0.25) is 6.71 Å². The van der Waals surface area contributed by atoms with E-state index < -0.39 is 0 Å². The van der Waals surface area contributed by atoms with E-state index in [2.05, 4.69) is 210 Å². The topological polar surface area (TPSA) is 15.3 Å². The molecule has 53 heavy (non-hydrogen) atoms. The average molecular weight is 701 g/mol. The number of aryl methyl sites for hydroxylation is 1. The summed E-state index contributed by atoms with van der Waals surface area (Å²) in [6.45, 7) is 32.5. The predicted molar refractivity (Wildman–Crippen MR) is 234 cm³/mol. The van der Waals surface area contributed by atoms with Gasteiger partial charge in [-0.2, -0.15) is 0 Å². The van der Waals surface area contributed by atoms with Crippen LogP contribution < -0.4 is 15.7 Å². The highest BCUT2D eigenvalue weighted by Gasteiger charge is 2.44. The lowest BCUT2D eigenvalue weighted by Gasteiger charge is -2.45. The molecule has 3 aliphatic rings. The lowest BCUT2D eigenvalue weighted by Crippen LogP contribution is -2.50. The molecule has 2 aliphatic heterocycles. The van der Waals surface area contributed by atoms with Gasteiger partial charge in [-0.1, -0.05) is 161 Å². The second kappa shape index (κ2) is 13.8. The molecule has 3 aromatic rings. The molecule has 1 unspecified atom stereocenters. The zero-order valence-electron chi connectivity index (χ0n) is 35.0. The number of nitrogens with zero attached hydrogens (tertiary/aromatic N) is 1. The van der Waals surface area contributed by atoms with E-state index in [1.54, 1.807) is 0 Å². The fourth-order valence-corrected chi connectivity index (χ4v) is 7.85. The quantitative estimate of drug-likeness (QED) is 0.216. The van der Waals surface area contributed by atoms with Crippen LogP contribution in [0.3, 0.4) is 0 Å². The molecule has 0 radical (unpaired) electrons. The van der Waals surface area contributed by atoms with Gasteiger partial charge in [-0.05, 0) is 111 Å². The van der Waals surface area contributed by atoms with Crippen molar-refractivity contribution in [1.29, 1.82) is 0 Å². The monoisotopic (exact) mass is 700 g/mol. The van der Waals surface area contributed by atoms with E-state index >= 15 is 0 Å². The second-order valence-corrected chi connectivity index (χ2v) is 19.6. The van der Waals surface area contributed by atoms with Crippen molar-refractivity contribution < 1.29 is 0 Å². The molecule has 274 valence electrons. The number of rotatable bonds is 3. The fraction of sp³-hybridized carbons (Fsp3) is 0.400. The Morgan fingerprint density at radius 1 is 0.774 bits per heavy atom. The molecule has 0 spiro atoms. The molecular weight excluding hydrogens is 639 g/mol. The van der Waals surface area contributed by atoms with E-state index in [-0.39, 0.29) is 34.3 Å². The summed E-state index contributed by atoms with van der Waals surface area (Å²) < 4.78 is 0. The number of hydrogen-bond acceptors (Lipinski definition) is 2. The zero-order chi connectivity index (χ0) is 38.7. The maximum absolute atomic E-state index is 3.81. The molecule has 2 heterocycles. The molecule has 0 saturated heterocycles. The average Bonchev–Trinajstić information content (AvgIpc) is 3.03. The van der Waals surface area contributed by atoms with Crippen molar-refractivity contribution in [2.75, 3.05) is 10.2 Å². The van der Waals surface area contributed by atoms with Gasteiger partial charge in [0.1, 0.15) is 0 Å². The van der Waals surface area contributed by atoms with Crippen molar-refractivity contribution in [2.45, 2.75) is 120 Å². The van der Waals surface area contributed by atoms with Crippen LogP contribution in [0.15, 0.2) is 107 Å². The van der Waals surface area contributed by atoms with Crippen molar-refractivity contribution in [3.63, 3.8) is 0 Å². The molecule has 3 heteroatoms. The third-order valence-electron chi connectivity index (χ3n) is 10.9. The van der Waals surface area contributed by atoms with E-state index in [0.29, 0.717) is 6.42 Å².